The molecule has 0 spiro atoms. The van der Waals surface area contributed by atoms with Gasteiger partial charge in [-0.2, -0.15) is 18.3 Å². The number of nitrogens with one attached hydrogen (secondary N) is 2. The molecule has 3 aromatic rings. The molecule has 190 valence electrons. The molecule has 6 nitrogen and oxygen atoms in total. The molecule has 2 N–H and O–H groups in total. The van der Waals surface area contributed by atoms with Crippen LogP contribution in [0.25, 0.3) is 0 Å². The first-order valence-corrected chi connectivity index (χ1v) is 12.4. The third-order valence-electron chi connectivity index (χ3n) is 6.99. The molecule has 10 heteroatoms. The smallest absolute Gasteiger partial charge is 0.363 e. The number of benzene rings is 2. The Bertz CT molecular complexity index is 1210. The molecule has 2 aromatic carbocycles. The largest absolute Gasteiger partial charge is 0.410 e. The molecule has 5 rings (SSSR count). The number of anilines is 1. The number of hydrogen-bond donors (Lipinski definition) is 2. The van der Waals surface area contributed by atoms with Crippen molar-refractivity contribution in [3.63, 3.8) is 0 Å². The van der Waals surface area contributed by atoms with E-state index in [0.29, 0.717) is 5.02 Å². The van der Waals surface area contributed by atoms with Crippen LogP contribution in [0.3, 0.4) is 0 Å². The second-order valence-corrected chi connectivity index (χ2v) is 9.65. The molecule has 1 unspecified atom stereocenters. The fraction of sp³-hybridized carbons (Fsp3) is 0.385. The third kappa shape index (κ3) is 4.95. The van der Waals surface area contributed by atoms with Crippen molar-refractivity contribution in [2.24, 2.45) is 0 Å². The number of likely N-dealkylation sites (tertiary alicyclic amines) is 1. The molecule has 0 aliphatic carbocycles. The maximum atomic E-state index is 14.0. The van der Waals surface area contributed by atoms with E-state index in [9.17, 15) is 18.0 Å². The summed E-state index contributed by atoms with van der Waals surface area (Å²) in [6, 6.07) is 13.9. The van der Waals surface area contributed by atoms with E-state index < -0.39 is 24.2 Å². The van der Waals surface area contributed by atoms with Crippen LogP contribution in [0.4, 0.5) is 19.0 Å². The van der Waals surface area contributed by atoms with Crippen molar-refractivity contribution in [3.05, 3.63) is 82.5 Å². The highest BCUT2D eigenvalue weighted by molar-refractivity contribution is 6.31. The van der Waals surface area contributed by atoms with E-state index in [0.717, 1.165) is 41.7 Å². The number of alkyl halides is 3. The van der Waals surface area contributed by atoms with Crippen LogP contribution in [-0.2, 0) is 0 Å². The van der Waals surface area contributed by atoms with Gasteiger partial charge >= 0.3 is 6.18 Å². The Hall–Kier alpha value is -3.04. The van der Waals surface area contributed by atoms with E-state index in [4.69, 9.17) is 11.6 Å². The van der Waals surface area contributed by atoms with Crippen molar-refractivity contribution >= 4 is 23.3 Å². The highest BCUT2D eigenvalue weighted by Gasteiger charge is 2.47. The van der Waals surface area contributed by atoms with Gasteiger partial charge in [-0.3, -0.25) is 9.69 Å². The number of rotatable bonds is 6. The van der Waals surface area contributed by atoms with Gasteiger partial charge in [-0.1, -0.05) is 60.1 Å². The first-order chi connectivity index (χ1) is 17.3. The Kier molecular flexibility index (Phi) is 6.94. The summed E-state index contributed by atoms with van der Waals surface area (Å²) in [6.45, 7) is 2.06. The Morgan fingerprint density at radius 1 is 1.11 bits per heavy atom. The molecule has 3 heterocycles. The molecule has 3 atom stereocenters. The monoisotopic (exact) mass is 517 g/mol. The average Bonchev–Trinajstić information content (AvgIpc) is 3.55. The van der Waals surface area contributed by atoms with Gasteiger partial charge in [0.15, 0.2) is 6.04 Å². The fourth-order valence-electron chi connectivity index (χ4n) is 5.15. The fourth-order valence-corrected chi connectivity index (χ4v) is 5.41. The van der Waals surface area contributed by atoms with Gasteiger partial charge in [0.1, 0.15) is 11.4 Å². The molecular weight excluding hydrogens is 491 g/mol. The Morgan fingerprint density at radius 3 is 2.50 bits per heavy atom. The van der Waals surface area contributed by atoms with Crippen LogP contribution in [0.2, 0.25) is 5.02 Å². The van der Waals surface area contributed by atoms with Crippen LogP contribution in [0.5, 0.6) is 0 Å². The quantitative estimate of drug-likeness (QED) is 0.436. The summed E-state index contributed by atoms with van der Waals surface area (Å²) in [4.78, 5) is 15.6. The zero-order valence-corrected chi connectivity index (χ0v) is 20.3. The molecule has 1 aromatic heterocycles. The van der Waals surface area contributed by atoms with E-state index in [-0.39, 0.29) is 30.4 Å². The van der Waals surface area contributed by atoms with E-state index in [1.807, 2.05) is 30.3 Å². The van der Waals surface area contributed by atoms with Gasteiger partial charge < -0.3 is 10.6 Å². The van der Waals surface area contributed by atoms with Gasteiger partial charge in [0.2, 0.25) is 0 Å². The molecule has 36 heavy (non-hydrogen) atoms. The SMILES string of the molecule is O=C(NCC(c1ccccc1Cl)N1CCCC1)c1cnn2c1N[C@@H](c1ccccc1)C[C@H]2C(F)(F)F. The predicted octanol–water partition coefficient (Wildman–Crippen LogP) is 5.76. The second kappa shape index (κ2) is 10.1. The summed E-state index contributed by atoms with van der Waals surface area (Å²) in [6.07, 6.45) is -1.38. The lowest BCUT2D eigenvalue weighted by molar-refractivity contribution is -0.173. The predicted molar refractivity (Wildman–Crippen MR) is 132 cm³/mol. The Morgan fingerprint density at radius 2 is 1.81 bits per heavy atom. The first kappa shape index (κ1) is 24.6. The van der Waals surface area contributed by atoms with E-state index >= 15 is 0 Å². The Balaban J connectivity index is 1.40. The first-order valence-electron chi connectivity index (χ1n) is 12.1. The van der Waals surface area contributed by atoms with Crippen LogP contribution in [-0.4, -0.2) is 46.4 Å². The topological polar surface area (TPSA) is 62.2 Å². The minimum absolute atomic E-state index is 0.0744. The highest BCUT2D eigenvalue weighted by Crippen LogP contribution is 2.44. The van der Waals surface area contributed by atoms with Crippen LogP contribution >= 0.6 is 11.6 Å². The number of fused-ring (bicyclic) bond motifs is 1. The van der Waals surface area contributed by atoms with Crippen molar-refractivity contribution in [1.29, 1.82) is 0 Å². The molecule has 1 fully saturated rings. The summed E-state index contributed by atoms with van der Waals surface area (Å²) >= 11 is 6.47. The molecule has 1 amide bonds. The van der Waals surface area contributed by atoms with Gasteiger partial charge in [-0.05, 0) is 43.1 Å². The summed E-state index contributed by atoms with van der Waals surface area (Å²) in [5, 5.41) is 10.7. The summed E-state index contributed by atoms with van der Waals surface area (Å²) in [7, 11) is 0. The maximum absolute atomic E-state index is 14.0. The lowest BCUT2D eigenvalue weighted by Gasteiger charge is -2.34. The van der Waals surface area contributed by atoms with Crippen molar-refractivity contribution in [2.75, 3.05) is 25.0 Å². The molecule has 2 aliphatic heterocycles. The molecule has 1 saturated heterocycles. The van der Waals surface area contributed by atoms with Crippen LogP contribution in [0, 0.1) is 0 Å². The lowest BCUT2D eigenvalue weighted by atomic mass is 9.96. The average molecular weight is 518 g/mol. The van der Waals surface area contributed by atoms with E-state index in [1.165, 1.54) is 6.20 Å². The zero-order chi connectivity index (χ0) is 25.3. The van der Waals surface area contributed by atoms with Crippen molar-refractivity contribution in [2.45, 2.75) is 43.6 Å². The number of aromatic nitrogens is 2. The van der Waals surface area contributed by atoms with Gasteiger partial charge in [0.05, 0.1) is 18.3 Å². The van der Waals surface area contributed by atoms with Gasteiger partial charge in [0.25, 0.3) is 5.91 Å². The summed E-state index contributed by atoms with van der Waals surface area (Å²) in [5.41, 5.74) is 1.72. The molecule has 2 aliphatic rings. The van der Waals surface area contributed by atoms with Crippen molar-refractivity contribution < 1.29 is 18.0 Å². The third-order valence-corrected chi connectivity index (χ3v) is 7.33. The summed E-state index contributed by atoms with van der Waals surface area (Å²) < 4.78 is 42.8. The Labute approximate surface area is 212 Å². The minimum Gasteiger partial charge on any atom is -0.363 e. The number of hydrogen-bond acceptors (Lipinski definition) is 4. The number of amides is 1. The molecule has 0 radical (unpaired) electrons. The van der Waals surface area contributed by atoms with Crippen molar-refractivity contribution in [3.8, 4) is 0 Å². The second-order valence-electron chi connectivity index (χ2n) is 9.24. The molecule has 0 bridgehead atoms. The van der Waals surface area contributed by atoms with Gasteiger partial charge in [-0.15, -0.1) is 0 Å². The zero-order valence-electron chi connectivity index (χ0n) is 19.5. The van der Waals surface area contributed by atoms with Crippen molar-refractivity contribution in [1.82, 2.24) is 20.0 Å². The number of nitrogens with zero attached hydrogens (tertiary/aromatic N) is 3. The maximum Gasteiger partial charge on any atom is 0.410 e. The van der Waals surface area contributed by atoms with E-state index in [2.05, 4.69) is 20.6 Å². The van der Waals surface area contributed by atoms with E-state index in [1.54, 1.807) is 24.3 Å². The van der Waals surface area contributed by atoms with Crippen LogP contribution in [0.15, 0.2) is 60.8 Å². The number of carbonyl (C=O) groups is 1. The van der Waals surface area contributed by atoms with Crippen LogP contribution < -0.4 is 10.6 Å². The van der Waals surface area contributed by atoms with Gasteiger partial charge in [0, 0.05) is 18.0 Å². The number of halogens is 4. The minimum atomic E-state index is -4.51. The summed E-state index contributed by atoms with van der Waals surface area (Å²) in [5.74, 6) is -0.403. The highest BCUT2D eigenvalue weighted by atomic mass is 35.5. The van der Waals surface area contributed by atoms with Crippen LogP contribution in [0.1, 0.15) is 58.9 Å². The standard InChI is InChI=1S/C26H27ClF3N5O/c27-20-11-5-4-10-18(20)22(34-12-6-7-13-34)16-31-25(36)19-15-32-35-23(26(28,29)30)14-21(33-24(19)35)17-8-2-1-3-9-17/h1-5,8-11,15,21-23,33H,6-7,12-14,16H2,(H,31,36)/t21-,22?,23+/m1/s1. The normalized spacial score (nSPS) is 21.0. The molecule has 0 saturated carbocycles. The lowest BCUT2D eigenvalue weighted by Crippen LogP contribution is -2.38. The number of carbonyl (C=O) groups excluding carboxylic acids is 1. The van der Waals surface area contributed by atoms with Gasteiger partial charge in [-0.25, -0.2) is 4.68 Å². The molecular formula is C26H27ClF3N5O.